The van der Waals surface area contributed by atoms with E-state index in [2.05, 4.69) is 20.8 Å². The first kappa shape index (κ1) is 16.8. The molecule has 4 rings (SSSR count). The fourth-order valence-corrected chi connectivity index (χ4v) is 7.61. The number of aliphatic hydroxyl groups is 1. The summed E-state index contributed by atoms with van der Waals surface area (Å²) in [6, 6.07) is 0. The number of hydrogen-bond acceptors (Lipinski definition) is 2. The van der Waals surface area contributed by atoms with Gasteiger partial charge in [0.05, 0.1) is 11.5 Å². The Kier molecular flexibility index (Phi) is 3.82. The summed E-state index contributed by atoms with van der Waals surface area (Å²) in [7, 11) is 0. The zero-order chi connectivity index (χ0) is 17.3. The molecule has 1 N–H and O–H groups in total. The Hall–Kier alpha value is -0.600. The van der Waals surface area contributed by atoms with Gasteiger partial charge >= 0.3 is 0 Å². The first-order chi connectivity index (χ1) is 11.3. The number of aliphatic hydroxyl groups excluding tert-OH is 1. The maximum absolute atomic E-state index is 11.9. The van der Waals surface area contributed by atoms with Crippen molar-refractivity contribution in [3.63, 3.8) is 0 Å². The van der Waals surface area contributed by atoms with Gasteiger partial charge in [0, 0.05) is 11.3 Å². The molecular weight excluding hydrogens is 320 g/mol. The molecule has 0 saturated heterocycles. The predicted molar refractivity (Wildman–Crippen MR) is 96.8 cm³/mol. The molecule has 0 aromatic carbocycles. The van der Waals surface area contributed by atoms with Gasteiger partial charge in [0.25, 0.3) is 0 Å². The molecule has 3 saturated carbocycles. The van der Waals surface area contributed by atoms with E-state index in [4.69, 9.17) is 11.6 Å². The molecule has 4 aliphatic rings. The second-order valence-electron chi connectivity index (χ2n) is 9.08. The highest BCUT2D eigenvalue weighted by molar-refractivity contribution is 6.23. The minimum atomic E-state index is -0.307. The molecule has 2 nitrogen and oxygen atoms in total. The number of carbonyl (C=O) groups excluding carboxylic acids is 1. The Balaban J connectivity index is 1.77. The van der Waals surface area contributed by atoms with Crippen LogP contribution in [0.2, 0.25) is 0 Å². The number of hydrogen-bond donors (Lipinski definition) is 1. The largest absolute Gasteiger partial charge is 0.393 e. The monoisotopic (exact) mass is 348 g/mol. The summed E-state index contributed by atoms with van der Waals surface area (Å²) in [6.07, 6.45) is 10.7. The third-order valence-electron chi connectivity index (χ3n) is 8.16. The van der Waals surface area contributed by atoms with E-state index in [1.54, 1.807) is 12.2 Å². The highest BCUT2D eigenvalue weighted by atomic mass is 35.5. The van der Waals surface area contributed by atoms with Crippen LogP contribution in [0.5, 0.6) is 0 Å². The highest BCUT2D eigenvalue weighted by Crippen LogP contribution is 2.66. The van der Waals surface area contributed by atoms with Crippen molar-refractivity contribution >= 4 is 17.4 Å². The first-order valence-corrected chi connectivity index (χ1v) is 10.0. The average Bonchev–Trinajstić information content (AvgIpc) is 2.84. The van der Waals surface area contributed by atoms with Gasteiger partial charge in [0.15, 0.2) is 5.78 Å². The molecule has 0 unspecified atom stereocenters. The van der Waals surface area contributed by atoms with Crippen LogP contribution in [0.1, 0.15) is 52.9 Å². The van der Waals surface area contributed by atoms with Crippen molar-refractivity contribution in [1.29, 1.82) is 0 Å². The Bertz CT molecular complexity index is 623. The van der Waals surface area contributed by atoms with Gasteiger partial charge in [0.2, 0.25) is 0 Å². The van der Waals surface area contributed by atoms with Crippen LogP contribution in [0.3, 0.4) is 0 Å². The minimum Gasteiger partial charge on any atom is -0.393 e. The maximum atomic E-state index is 11.9. The second kappa shape index (κ2) is 5.45. The van der Waals surface area contributed by atoms with E-state index in [-0.39, 0.29) is 34.0 Å². The molecule has 0 heterocycles. The van der Waals surface area contributed by atoms with Crippen LogP contribution >= 0.6 is 11.6 Å². The van der Waals surface area contributed by atoms with E-state index in [0.29, 0.717) is 11.8 Å². The lowest BCUT2D eigenvalue weighted by Gasteiger charge is -2.59. The van der Waals surface area contributed by atoms with Gasteiger partial charge < -0.3 is 5.11 Å². The lowest BCUT2D eigenvalue weighted by Crippen LogP contribution is -2.57. The molecule has 0 spiro atoms. The van der Waals surface area contributed by atoms with Crippen LogP contribution in [0.4, 0.5) is 0 Å². The van der Waals surface area contributed by atoms with Gasteiger partial charge in [-0.2, -0.15) is 0 Å². The van der Waals surface area contributed by atoms with Crippen LogP contribution in [0, 0.1) is 34.5 Å². The molecule has 4 aliphatic carbocycles. The molecule has 24 heavy (non-hydrogen) atoms. The molecule has 0 radical (unpaired) electrons. The quantitative estimate of drug-likeness (QED) is 0.708. The van der Waals surface area contributed by atoms with E-state index >= 15 is 0 Å². The van der Waals surface area contributed by atoms with Crippen LogP contribution in [0.25, 0.3) is 0 Å². The molecule has 0 aromatic heterocycles. The fraction of sp³-hybridized carbons (Fsp3) is 0.762. The molecule has 0 aliphatic heterocycles. The van der Waals surface area contributed by atoms with Gasteiger partial charge in [-0.25, -0.2) is 0 Å². The third kappa shape index (κ3) is 2.08. The van der Waals surface area contributed by atoms with Gasteiger partial charge in [0.1, 0.15) is 0 Å². The van der Waals surface area contributed by atoms with Crippen molar-refractivity contribution < 1.29 is 9.90 Å². The van der Waals surface area contributed by atoms with Crippen LogP contribution in [0.15, 0.2) is 23.8 Å². The number of rotatable bonds is 1. The molecule has 3 heteroatoms. The van der Waals surface area contributed by atoms with Crippen molar-refractivity contribution in [2.75, 3.05) is 0 Å². The van der Waals surface area contributed by atoms with E-state index in [9.17, 15) is 9.90 Å². The lowest BCUT2D eigenvalue weighted by atomic mass is 9.46. The molecular formula is C21H29ClO2. The van der Waals surface area contributed by atoms with Crippen molar-refractivity contribution in [1.82, 2.24) is 0 Å². The third-order valence-corrected chi connectivity index (χ3v) is 8.58. The van der Waals surface area contributed by atoms with Crippen molar-refractivity contribution in [2.24, 2.45) is 34.5 Å². The first-order valence-electron chi connectivity index (χ1n) is 9.58. The fourth-order valence-electron chi connectivity index (χ4n) is 7.11. The summed E-state index contributed by atoms with van der Waals surface area (Å²) in [5.74, 6) is 2.06. The van der Waals surface area contributed by atoms with Crippen molar-refractivity contribution in [3.8, 4) is 0 Å². The molecule has 132 valence electrons. The van der Waals surface area contributed by atoms with Crippen molar-refractivity contribution in [3.05, 3.63) is 23.8 Å². The molecule has 0 bridgehead atoms. The normalized spacial score (nSPS) is 53.2. The van der Waals surface area contributed by atoms with E-state index < -0.39 is 0 Å². The van der Waals surface area contributed by atoms with Crippen LogP contribution < -0.4 is 0 Å². The van der Waals surface area contributed by atoms with Crippen LogP contribution in [-0.4, -0.2) is 22.4 Å². The summed E-state index contributed by atoms with van der Waals surface area (Å²) in [4.78, 5) is 11.9. The zero-order valence-electron chi connectivity index (χ0n) is 15.0. The molecule has 0 aromatic rings. The predicted octanol–water partition coefficient (Wildman–Crippen LogP) is 4.51. The van der Waals surface area contributed by atoms with Crippen molar-refractivity contribution in [2.45, 2.75) is 64.4 Å². The Morgan fingerprint density at radius 1 is 1.33 bits per heavy atom. The van der Waals surface area contributed by atoms with E-state index in [1.165, 1.54) is 19.3 Å². The maximum Gasteiger partial charge on any atom is 0.178 e. The SMILES string of the molecule is CC[C@H]1CC[C@H]2[C@@H]3C[C@H](Cl)C4=CC(=O)C=C[C@]4(C)[C@H]3[C@@H](O)C[C@]12C. The highest BCUT2D eigenvalue weighted by Gasteiger charge is 2.62. The number of carbonyl (C=O) groups is 1. The van der Waals surface area contributed by atoms with Gasteiger partial charge in [-0.3, -0.25) is 4.79 Å². The summed E-state index contributed by atoms with van der Waals surface area (Å²) < 4.78 is 0. The zero-order valence-corrected chi connectivity index (χ0v) is 15.7. The Morgan fingerprint density at radius 3 is 2.79 bits per heavy atom. The topological polar surface area (TPSA) is 37.3 Å². The Labute approximate surface area is 150 Å². The smallest absolute Gasteiger partial charge is 0.178 e. The standard InChI is InChI=1S/C21H29ClO2/c1-4-12-5-6-15-14-10-17(22)16-9-13(23)7-8-20(16,2)19(14)18(24)11-21(12,15)3/h7-9,12,14-15,17-19,24H,4-6,10-11H2,1-3H3/t12-,14-,15-,17-,18-,19+,20-,21+/m0/s1. The van der Waals surface area contributed by atoms with E-state index in [0.717, 1.165) is 24.3 Å². The summed E-state index contributed by atoms with van der Waals surface area (Å²) in [5.41, 5.74) is 1.01. The number of fused-ring (bicyclic) bond motifs is 5. The second-order valence-corrected chi connectivity index (χ2v) is 9.60. The van der Waals surface area contributed by atoms with Gasteiger partial charge in [-0.15, -0.1) is 11.6 Å². The minimum absolute atomic E-state index is 0.0358. The van der Waals surface area contributed by atoms with Crippen LogP contribution in [-0.2, 0) is 4.79 Å². The molecule has 3 fully saturated rings. The number of halogens is 1. The number of ketones is 1. The van der Waals surface area contributed by atoms with Gasteiger partial charge in [-0.1, -0.05) is 33.3 Å². The number of allylic oxidation sites excluding steroid dienone is 4. The van der Waals surface area contributed by atoms with E-state index in [1.807, 2.05) is 6.08 Å². The van der Waals surface area contributed by atoms with Gasteiger partial charge in [-0.05, 0) is 66.6 Å². The molecule has 8 atom stereocenters. The lowest BCUT2D eigenvalue weighted by molar-refractivity contribution is -0.118. The Morgan fingerprint density at radius 2 is 2.08 bits per heavy atom. The summed E-state index contributed by atoms with van der Waals surface area (Å²) >= 11 is 6.78. The number of alkyl halides is 1. The summed E-state index contributed by atoms with van der Waals surface area (Å²) in [6.45, 7) is 6.89. The molecule has 0 amide bonds. The summed E-state index contributed by atoms with van der Waals surface area (Å²) in [5, 5.41) is 11.1. The average molecular weight is 349 g/mol.